The van der Waals surface area contributed by atoms with Gasteiger partial charge in [0, 0.05) is 5.39 Å². The summed E-state index contributed by atoms with van der Waals surface area (Å²) >= 11 is 0. The first-order chi connectivity index (χ1) is 11.1. The molecule has 2 aromatic carbocycles. The van der Waals surface area contributed by atoms with Gasteiger partial charge in [0.05, 0.1) is 10.8 Å². The van der Waals surface area contributed by atoms with Gasteiger partial charge in [0.15, 0.2) is 11.6 Å². The molecule has 8 heteroatoms. The molecule has 0 bridgehead atoms. The highest BCUT2D eigenvalue weighted by molar-refractivity contribution is 6.03. The van der Waals surface area contributed by atoms with Crippen LogP contribution < -0.4 is 17.0 Å². The average molecular weight is 310 g/mol. The van der Waals surface area contributed by atoms with Gasteiger partial charge in [0.2, 0.25) is 0 Å². The van der Waals surface area contributed by atoms with E-state index in [2.05, 4.69) is 20.4 Å². The molecule has 0 aliphatic carbocycles. The number of aromatic amines is 2. The minimum atomic E-state index is -0.444. The van der Waals surface area contributed by atoms with Crippen LogP contribution in [-0.4, -0.2) is 20.4 Å². The Hall–Kier alpha value is -3.42. The lowest BCUT2D eigenvalue weighted by Crippen LogP contribution is -2.10. The van der Waals surface area contributed by atoms with E-state index in [0.29, 0.717) is 27.3 Å². The Labute approximate surface area is 128 Å². The van der Waals surface area contributed by atoms with Gasteiger partial charge in [-0.2, -0.15) is 10.2 Å². The Kier molecular flexibility index (Phi) is 2.61. The molecule has 4 rings (SSSR count). The van der Waals surface area contributed by atoms with Crippen LogP contribution in [-0.2, 0) is 0 Å². The summed E-state index contributed by atoms with van der Waals surface area (Å²) in [4.78, 5) is 12.0. The lowest BCUT2D eigenvalue weighted by Gasteiger charge is -2.07. The number of hydrogen-bond acceptors (Lipinski definition) is 5. The van der Waals surface area contributed by atoms with E-state index < -0.39 is 5.82 Å². The van der Waals surface area contributed by atoms with Crippen LogP contribution in [0.4, 0.5) is 16.0 Å². The van der Waals surface area contributed by atoms with E-state index in [1.165, 1.54) is 6.07 Å². The number of halogens is 1. The van der Waals surface area contributed by atoms with Crippen molar-refractivity contribution in [2.24, 2.45) is 0 Å². The van der Waals surface area contributed by atoms with Crippen molar-refractivity contribution in [1.29, 1.82) is 0 Å². The molecule has 4 aromatic rings. The van der Waals surface area contributed by atoms with Crippen molar-refractivity contribution in [2.45, 2.75) is 0 Å². The molecule has 7 nitrogen and oxygen atoms in total. The van der Waals surface area contributed by atoms with Gasteiger partial charge in [-0.1, -0.05) is 12.1 Å². The van der Waals surface area contributed by atoms with E-state index in [9.17, 15) is 9.18 Å². The number of nitrogens with one attached hydrogen (secondary N) is 2. The Morgan fingerprint density at radius 1 is 0.957 bits per heavy atom. The van der Waals surface area contributed by atoms with Crippen LogP contribution in [0, 0.1) is 5.82 Å². The van der Waals surface area contributed by atoms with Gasteiger partial charge >= 0.3 is 0 Å². The van der Waals surface area contributed by atoms with E-state index >= 15 is 0 Å². The van der Waals surface area contributed by atoms with Crippen LogP contribution >= 0.6 is 0 Å². The van der Waals surface area contributed by atoms with E-state index in [-0.39, 0.29) is 22.7 Å². The molecular formula is C15H11FN6O. The molecule has 0 atom stereocenters. The van der Waals surface area contributed by atoms with Crippen LogP contribution in [0.15, 0.2) is 35.1 Å². The van der Waals surface area contributed by atoms with Gasteiger partial charge < -0.3 is 11.5 Å². The number of aromatic nitrogens is 4. The fourth-order valence-corrected chi connectivity index (χ4v) is 2.72. The zero-order chi connectivity index (χ0) is 16.1. The maximum Gasteiger partial charge on any atom is 0.272 e. The highest BCUT2D eigenvalue weighted by Gasteiger charge is 2.14. The number of fused-ring (bicyclic) bond motifs is 2. The molecular weight excluding hydrogens is 299 g/mol. The highest BCUT2D eigenvalue weighted by Crippen LogP contribution is 2.34. The monoisotopic (exact) mass is 310 g/mol. The van der Waals surface area contributed by atoms with Gasteiger partial charge in [-0.25, -0.2) is 9.49 Å². The fourth-order valence-electron chi connectivity index (χ4n) is 2.72. The second kappa shape index (κ2) is 4.54. The van der Waals surface area contributed by atoms with E-state index in [1.54, 1.807) is 24.3 Å². The Balaban J connectivity index is 2.08. The largest absolute Gasteiger partial charge is 0.382 e. The first-order valence-electron chi connectivity index (χ1n) is 6.76. The zero-order valence-corrected chi connectivity index (χ0v) is 11.7. The van der Waals surface area contributed by atoms with Crippen molar-refractivity contribution in [2.75, 3.05) is 11.5 Å². The molecule has 0 amide bonds. The maximum absolute atomic E-state index is 13.9. The Bertz CT molecular complexity index is 1130. The summed E-state index contributed by atoms with van der Waals surface area (Å²) in [6, 6.07) is 8.08. The molecule has 0 aliphatic heterocycles. The van der Waals surface area contributed by atoms with E-state index in [1.807, 2.05) is 0 Å². The van der Waals surface area contributed by atoms with Crippen molar-refractivity contribution < 1.29 is 4.39 Å². The molecule has 0 spiro atoms. The quantitative estimate of drug-likeness (QED) is 0.426. The third-order valence-electron chi connectivity index (χ3n) is 3.83. The minimum absolute atomic E-state index is 0.192. The Morgan fingerprint density at radius 2 is 1.74 bits per heavy atom. The van der Waals surface area contributed by atoms with Crippen LogP contribution in [0.3, 0.4) is 0 Å². The maximum atomic E-state index is 13.9. The number of anilines is 2. The number of nitrogens with two attached hydrogens (primary N) is 2. The molecule has 2 heterocycles. The summed E-state index contributed by atoms with van der Waals surface area (Å²) in [5, 5.41) is 13.9. The van der Waals surface area contributed by atoms with Crippen molar-refractivity contribution in [3.8, 4) is 11.1 Å². The van der Waals surface area contributed by atoms with Crippen molar-refractivity contribution >= 4 is 33.3 Å². The number of hydrogen-bond donors (Lipinski definition) is 4. The summed E-state index contributed by atoms with van der Waals surface area (Å²) in [6.07, 6.45) is 0. The van der Waals surface area contributed by atoms with Crippen molar-refractivity contribution in [3.63, 3.8) is 0 Å². The number of rotatable bonds is 1. The SMILES string of the molecule is Nc1n[nH]c(=O)c2cc(-c3ccc(F)c4[nH]nc(N)c34)ccc12. The predicted octanol–water partition coefficient (Wildman–Crippen LogP) is 1.77. The first-order valence-corrected chi connectivity index (χ1v) is 6.76. The topological polar surface area (TPSA) is 126 Å². The molecule has 6 N–H and O–H groups in total. The molecule has 0 aliphatic rings. The van der Waals surface area contributed by atoms with Gasteiger partial charge in [-0.05, 0) is 29.3 Å². The molecule has 0 saturated heterocycles. The first kappa shape index (κ1) is 13.3. The molecule has 0 radical (unpaired) electrons. The summed E-state index contributed by atoms with van der Waals surface area (Å²) in [5.74, 6) is -0.0176. The Morgan fingerprint density at radius 3 is 2.57 bits per heavy atom. The highest BCUT2D eigenvalue weighted by atomic mass is 19.1. The van der Waals surface area contributed by atoms with Crippen LogP contribution in [0.1, 0.15) is 0 Å². The van der Waals surface area contributed by atoms with Crippen LogP contribution in [0.5, 0.6) is 0 Å². The zero-order valence-electron chi connectivity index (χ0n) is 11.7. The summed E-state index contributed by atoms with van der Waals surface area (Å²) in [7, 11) is 0. The second-order valence-electron chi connectivity index (χ2n) is 5.15. The summed E-state index contributed by atoms with van der Waals surface area (Å²) in [5.41, 5.74) is 12.9. The van der Waals surface area contributed by atoms with Gasteiger partial charge in [-0.15, -0.1) is 0 Å². The van der Waals surface area contributed by atoms with Crippen LogP contribution in [0.25, 0.3) is 32.8 Å². The molecule has 23 heavy (non-hydrogen) atoms. The molecule has 2 aromatic heterocycles. The minimum Gasteiger partial charge on any atom is -0.382 e. The van der Waals surface area contributed by atoms with Crippen molar-refractivity contribution in [1.82, 2.24) is 20.4 Å². The number of nitrogens with zero attached hydrogens (tertiary/aromatic N) is 2. The fraction of sp³-hybridized carbons (Fsp3) is 0. The number of nitrogen functional groups attached to an aromatic ring is 2. The normalized spacial score (nSPS) is 11.3. The summed E-state index contributed by atoms with van der Waals surface area (Å²) in [6.45, 7) is 0. The van der Waals surface area contributed by atoms with Crippen LogP contribution in [0.2, 0.25) is 0 Å². The predicted molar refractivity (Wildman–Crippen MR) is 86.2 cm³/mol. The summed E-state index contributed by atoms with van der Waals surface area (Å²) < 4.78 is 13.9. The van der Waals surface area contributed by atoms with Crippen molar-refractivity contribution in [3.05, 3.63) is 46.5 Å². The smallest absolute Gasteiger partial charge is 0.272 e. The molecule has 114 valence electrons. The second-order valence-corrected chi connectivity index (χ2v) is 5.15. The van der Waals surface area contributed by atoms with E-state index in [0.717, 1.165) is 0 Å². The standard InChI is InChI=1S/C15H11FN6O/c16-10-4-3-7(11-12(10)19-21-14(11)18)6-1-2-8-9(5-6)15(23)22-20-13(8)17/h1-5H,(H2,17,20)(H,22,23)(H3,18,19,21). The molecule has 0 unspecified atom stereocenters. The molecule has 0 fully saturated rings. The lowest BCUT2D eigenvalue weighted by atomic mass is 9.99. The lowest BCUT2D eigenvalue weighted by molar-refractivity contribution is 0.636. The third kappa shape index (κ3) is 1.85. The third-order valence-corrected chi connectivity index (χ3v) is 3.83. The van der Waals surface area contributed by atoms with Gasteiger partial charge in [0.25, 0.3) is 5.56 Å². The number of benzene rings is 2. The van der Waals surface area contributed by atoms with Gasteiger partial charge in [-0.3, -0.25) is 9.89 Å². The molecule has 0 saturated carbocycles. The number of H-pyrrole nitrogens is 2. The average Bonchev–Trinajstić information content (AvgIpc) is 2.94. The van der Waals surface area contributed by atoms with Gasteiger partial charge in [0.1, 0.15) is 11.3 Å². The van der Waals surface area contributed by atoms with E-state index in [4.69, 9.17) is 11.5 Å².